The number of benzene rings is 3. The number of oxazole rings is 2. The van der Waals surface area contributed by atoms with Crippen LogP contribution < -0.4 is 25.0 Å². The third-order valence-corrected chi connectivity index (χ3v) is 8.81. The lowest BCUT2D eigenvalue weighted by Gasteiger charge is -2.43. The van der Waals surface area contributed by atoms with E-state index in [0.717, 1.165) is 97.8 Å². The largest absolute Gasteiger partial charge is 0.493 e. The number of nitrogens with zero attached hydrogens (tertiary/aromatic N) is 4. The van der Waals surface area contributed by atoms with Crippen LogP contribution in [0.25, 0.3) is 22.2 Å². The standard InChI is InChI=1S/C35H40N6O4/c1-3-21-43-32-22-24(11-12-30(32)42-2)23-40-19-15-26(16-20-40)41(25-13-17-36-18-14-25)35-39-33-28(8-6-10-31(33)45-35)38-34-37-27-7-4-5-9-29(27)44-34/h3-12,22,25-26,36H,1,13-21,23H2,2H3,(H,37,38). The average Bonchev–Trinajstić information content (AvgIpc) is 3.70. The van der Waals surface area contributed by atoms with Gasteiger partial charge in [-0.05, 0) is 80.7 Å². The molecule has 2 aliphatic rings. The highest BCUT2D eigenvalue weighted by Gasteiger charge is 2.34. The van der Waals surface area contributed by atoms with Crippen LogP contribution >= 0.6 is 0 Å². The van der Waals surface area contributed by atoms with Crippen molar-refractivity contribution < 1.29 is 18.3 Å². The van der Waals surface area contributed by atoms with Gasteiger partial charge in [0.15, 0.2) is 22.7 Å². The van der Waals surface area contributed by atoms with E-state index in [4.69, 9.17) is 23.3 Å². The molecule has 2 saturated heterocycles. The highest BCUT2D eigenvalue weighted by atomic mass is 16.5. The summed E-state index contributed by atoms with van der Waals surface area (Å²) in [5, 5.41) is 6.86. The first-order valence-electron chi connectivity index (χ1n) is 15.8. The molecule has 2 aromatic heterocycles. The first kappa shape index (κ1) is 29.2. The Morgan fingerprint density at radius 2 is 1.76 bits per heavy atom. The quantitative estimate of drug-likeness (QED) is 0.161. The van der Waals surface area contributed by atoms with Gasteiger partial charge < -0.3 is 33.8 Å². The lowest BCUT2D eigenvalue weighted by atomic mass is 9.97. The van der Waals surface area contributed by atoms with Crippen LogP contribution in [0, 0.1) is 0 Å². The molecule has 5 aromatic rings. The summed E-state index contributed by atoms with van der Waals surface area (Å²) in [5.74, 6) is 1.49. The van der Waals surface area contributed by atoms with Gasteiger partial charge in [-0.3, -0.25) is 4.90 Å². The second kappa shape index (κ2) is 13.2. The van der Waals surface area contributed by atoms with E-state index in [1.54, 1.807) is 13.2 Å². The number of likely N-dealkylation sites (tertiary alicyclic amines) is 1. The summed E-state index contributed by atoms with van der Waals surface area (Å²) < 4.78 is 23.8. The predicted molar refractivity (Wildman–Crippen MR) is 177 cm³/mol. The summed E-state index contributed by atoms with van der Waals surface area (Å²) in [4.78, 5) is 14.7. The molecule has 0 atom stereocenters. The van der Waals surface area contributed by atoms with Crippen molar-refractivity contribution in [3.63, 3.8) is 0 Å². The Labute approximate surface area is 263 Å². The minimum Gasteiger partial charge on any atom is -0.493 e. The van der Waals surface area contributed by atoms with Gasteiger partial charge in [0.25, 0.3) is 12.0 Å². The van der Waals surface area contributed by atoms with Gasteiger partial charge in [0.1, 0.15) is 17.6 Å². The van der Waals surface area contributed by atoms with Crippen molar-refractivity contribution in [3.05, 3.63) is 78.9 Å². The van der Waals surface area contributed by atoms with Crippen LogP contribution in [0.5, 0.6) is 11.5 Å². The van der Waals surface area contributed by atoms with Crippen molar-refractivity contribution in [3.8, 4) is 11.5 Å². The zero-order valence-electron chi connectivity index (χ0n) is 25.7. The summed E-state index contributed by atoms with van der Waals surface area (Å²) in [7, 11) is 1.67. The Morgan fingerprint density at radius 3 is 2.56 bits per heavy atom. The topological polar surface area (TPSA) is 101 Å². The number of methoxy groups -OCH3 is 1. The van der Waals surface area contributed by atoms with E-state index in [1.165, 1.54) is 5.56 Å². The summed E-state index contributed by atoms with van der Waals surface area (Å²) in [6, 6.07) is 21.7. The Morgan fingerprint density at radius 1 is 0.956 bits per heavy atom. The molecule has 45 heavy (non-hydrogen) atoms. The molecule has 2 N–H and O–H groups in total. The Bertz CT molecular complexity index is 1720. The molecule has 3 aromatic carbocycles. The number of aromatic nitrogens is 2. The van der Waals surface area contributed by atoms with Crippen molar-refractivity contribution in [2.24, 2.45) is 0 Å². The SMILES string of the molecule is C=CCOc1cc(CN2CCC(N(c3nc4c(Nc5nc6ccccc6o5)cccc4o3)C3CCNCC3)CC2)ccc1OC. The molecule has 4 heterocycles. The molecule has 10 nitrogen and oxygen atoms in total. The third-order valence-electron chi connectivity index (χ3n) is 8.81. The molecule has 0 radical (unpaired) electrons. The van der Waals surface area contributed by atoms with Crippen molar-refractivity contribution in [1.29, 1.82) is 0 Å². The van der Waals surface area contributed by atoms with Gasteiger partial charge in [-0.2, -0.15) is 9.97 Å². The van der Waals surface area contributed by atoms with Crippen LogP contribution in [-0.2, 0) is 6.54 Å². The minimum absolute atomic E-state index is 0.341. The third kappa shape index (κ3) is 6.34. The van der Waals surface area contributed by atoms with Crippen molar-refractivity contribution in [2.75, 3.05) is 50.1 Å². The van der Waals surface area contributed by atoms with Gasteiger partial charge in [-0.1, -0.05) is 36.9 Å². The second-order valence-corrected chi connectivity index (χ2v) is 11.7. The molecule has 0 unspecified atom stereocenters. The summed E-state index contributed by atoms with van der Waals surface area (Å²) >= 11 is 0. The summed E-state index contributed by atoms with van der Waals surface area (Å²) in [5.41, 5.74) is 5.10. The Balaban J connectivity index is 1.09. The van der Waals surface area contributed by atoms with Crippen LogP contribution in [0.1, 0.15) is 31.2 Å². The first-order chi connectivity index (χ1) is 22.2. The summed E-state index contributed by atoms with van der Waals surface area (Å²) in [6.45, 7) is 9.05. The van der Waals surface area contributed by atoms with Crippen LogP contribution in [-0.4, -0.2) is 66.8 Å². The van der Waals surface area contributed by atoms with Crippen molar-refractivity contribution in [1.82, 2.24) is 20.2 Å². The fraction of sp³-hybridized carbons (Fsp3) is 0.371. The molecule has 2 aliphatic heterocycles. The van der Waals surface area contributed by atoms with E-state index in [-0.39, 0.29) is 0 Å². The zero-order chi connectivity index (χ0) is 30.6. The van der Waals surface area contributed by atoms with Crippen LogP contribution in [0.3, 0.4) is 0 Å². The molecule has 0 bridgehead atoms. The Kier molecular flexibility index (Phi) is 8.57. The number of rotatable bonds is 11. The first-order valence-corrected chi connectivity index (χ1v) is 15.8. The molecule has 0 spiro atoms. The monoisotopic (exact) mass is 608 g/mol. The fourth-order valence-electron chi connectivity index (χ4n) is 6.58. The van der Waals surface area contributed by atoms with Crippen LogP contribution in [0.2, 0.25) is 0 Å². The number of anilines is 3. The van der Waals surface area contributed by atoms with Gasteiger partial charge in [0, 0.05) is 31.7 Å². The maximum Gasteiger partial charge on any atom is 0.300 e. The number of nitrogens with one attached hydrogen (secondary N) is 2. The van der Waals surface area contributed by atoms with E-state index in [0.29, 0.717) is 30.7 Å². The highest BCUT2D eigenvalue weighted by Crippen LogP contribution is 2.35. The molecule has 10 heteroatoms. The van der Waals surface area contributed by atoms with Crippen LogP contribution in [0.4, 0.5) is 17.7 Å². The number of fused-ring (bicyclic) bond motifs is 2. The lowest BCUT2D eigenvalue weighted by Crippen LogP contribution is -2.52. The molecule has 7 rings (SSSR count). The highest BCUT2D eigenvalue weighted by molar-refractivity contribution is 5.90. The van der Waals surface area contributed by atoms with Gasteiger partial charge in [-0.25, -0.2) is 0 Å². The maximum absolute atomic E-state index is 6.52. The van der Waals surface area contributed by atoms with Gasteiger partial charge >= 0.3 is 0 Å². The van der Waals surface area contributed by atoms with Crippen molar-refractivity contribution in [2.45, 2.75) is 44.3 Å². The number of ether oxygens (including phenoxy) is 2. The van der Waals surface area contributed by atoms with Crippen LogP contribution in [0.15, 0.2) is 82.2 Å². The maximum atomic E-state index is 6.52. The van der Waals surface area contributed by atoms with E-state index in [2.05, 4.69) is 44.1 Å². The van der Waals surface area contributed by atoms with Crippen molar-refractivity contribution >= 4 is 39.9 Å². The molecule has 2 fully saturated rings. The van der Waals surface area contributed by atoms with Gasteiger partial charge in [0.2, 0.25) is 0 Å². The van der Waals surface area contributed by atoms with E-state index >= 15 is 0 Å². The minimum atomic E-state index is 0.341. The smallest absolute Gasteiger partial charge is 0.300 e. The molecular formula is C35H40N6O4. The molecule has 0 aliphatic carbocycles. The zero-order valence-corrected chi connectivity index (χ0v) is 25.7. The normalized spacial score (nSPS) is 16.6. The molecule has 234 valence electrons. The molecule has 0 amide bonds. The van der Waals surface area contributed by atoms with E-state index in [9.17, 15) is 0 Å². The van der Waals surface area contributed by atoms with E-state index in [1.807, 2.05) is 48.5 Å². The second-order valence-electron chi connectivity index (χ2n) is 11.7. The van der Waals surface area contributed by atoms with Gasteiger partial charge in [-0.15, -0.1) is 0 Å². The van der Waals surface area contributed by atoms with Gasteiger partial charge in [0.05, 0.1) is 12.8 Å². The molecule has 0 saturated carbocycles. The number of piperidine rings is 2. The molecular weight excluding hydrogens is 568 g/mol. The lowest BCUT2D eigenvalue weighted by molar-refractivity contribution is 0.191. The Hall–Kier alpha value is -4.54. The van der Waals surface area contributed by atoms with E-state index < -0.39 is 0 Å². The number of hydrogen-bond acceptors (Lipinski definition) is 10. The number of hydrogen-bond donors (Lipinski definition) is 2. The average molecular weight is 609 g/mol. The summed E-state index contributed by atoms with van der Waals surface area (Å²) in [6.07, 6.45) is 5.94. The fourth-order valence-corrected chi connectivity index (χ4v) is 6.58. The number of para-hydroxylation sites is 3. The predicted octanol–water partition coefficient (Wildman–Crippen LogP) is 6.51.